The Morgan fingerprint density at radius 3 is 2.74 bits per heavy atom. The summed E-state index contributed by atoms with van der Waals surface area (Å²) in [6.45, 7) is 4.38. The van der Waals surface area contributed by atoms with Crippen molar-refractivity contribution in [3.63, 3.8) is 0 Å². The van der Waals surface area contributed by atoms with Gasteiger partial charge in [-0.1, -0.05) is 12.2 Å². The molecule has 0 amide bonds. The molecule has 1 fully saturated rings. The lowest BCUT2D eigenvalue weighted by atomic mass is 10.2. The summed E-state index contributed by atoms with van der Waals surface area (Å²) in [5.74, 6) is 0.891. The van der Waals surface area contributed by atoms with Gasteiger partial charge in [0.1, 0.15) is 5.82 Å². The third-order valence-corrected chi connectivity index (χ3v) is 4.82. The minimum Gasteiger partial charge on any atom is -0.392 e. The molecule has 1 unspecified atom stereocenters. The van der Waals surface area contributed by atoms with Gasteiger partial charge in [0.15, 0.2) is 5.03 Å². The summed E-state index contributed by atoms with van der Waals surface area (Å²) in [5, 5.41) is 0.0220. The second-order valence-corrected chi connectivity index (χ2v) is 6.88. The van der Waals surface area contributed by atoms with Crippen molar-refractivity contribution in [1.29, 1.82) is 0 Å². The van der Waals surface area contributed by atoms with E-state index in [2.05, 4.69) is 9.71 Å². The van der Waals surface area contributed by atoms with Crippen molar-refractivity contribution in [2.45, 2.75) is 44.3 Å². The van der Waals surface area contributed by atoms with Crippen LogP contribution in [0.4, 0.5) is 0 Å². The van der Waals surface area contributed by atoms with Crippen LogP contribution in [0.15, 0.2) is 11.2 Å². The first kappa shape index (κ1) is 14.4. The molecule has 2 rings (SSSR count). The monoisotopic (exact) mass is 302 g/mol. The molecule has 0 saturated heterocycles. The zero-order valence-electron chi connectivity index (χ0n) is 11.0. The molecule has 19 heavy (non-hydrogen) atoms. The molecule has 1 saturated carbocycles. The lowest BCUT2D eigenvalue weighted by Crippen LogP contribution is -2.45. The maximum absolute atomic E-state index is 12.3. The van der Waals surface area contributed by atoms with E-state index < -0.39 is 16.1 Å². The molecule has 0 radical (unpaired) electrons. The summed E-state index contributed by atoms with van der Waals surface area (Å²) in [5.41, 5.74) is 5.60. The highest BCUT2D eigenvalue weighted by Gasteiger charge is 2.36. The van der Waals surface area contributed by atoms with Crippen LogP contribution in [0, 0.1) is 12.8 Å². The topological polar surface area (TPSA) is 90.0 Å². The molecule has 0 bridgehead atoms. The van der Waals surface area contributed by atoms with Gasteiger partial charge in [0, 0.05) is 12.7 Å². The molecule has 0 spiro atoms. The van der Waals surface area contributed by atoms with E-state index in [1.54, 1.807) is 11.5 Å². The molecular formula is C11H18N4O2S2. The van der Waals surface area contributed by atoms with Crippen LogP contribution in [0.3, 0.4) is 0 Å². The second-order valence-electron chi connectivity index (χ2n) is 4.75. The van der Waals surface area contributed by atoms with E-state index in [-0.39, 0.29) is 15.9 Å². The van der Waals surface area contributed by atoms with Gasteiger partial charge in [-0.3, -0.25) is 0 Å². The van der Waals surface area contributed by atoms with Crippen molar-refractivity contribution in [3.8, 4) is 0 Å². The fourth-order valence-electron chi connectivity index (χ4n) is 1.97. The molecule has 6 nitrogen and oxygen atoms in total. The molecule has 1 heterocycles. The normalized spacial score (nSPS) is 17.4. The number of hydrogen-bond acceptors (Lipinski definition) is 4. The number of nitrogens with zero attached hydrogens (tertiary/aromatic N) is 2. The molecule has 1 aromatic heterocycles. The lowest BCUT2D eigenvalue weighted by molar-refractivity contribution is 0.561. The Morgan fingerprint density at radius 1 is 1.68 bits per heavy atom. The summed E-state index contributed by atoms with van der Waals surface area (Å²) in [6.07, 6.45) is 3.43. The van der Waals surface area contributed by atoms with Crippen molar-refractivity contribution in [2.75, 3.05) is 0 Å². The van der Waals surface area contributed by atoms with Gasteiger partial charge in [-0.05, 0) is 32.6 Å². The summed E-state index contributed by atoms with van der Waals surface area (Å²) in [6, 6.07) is -0.466. The minimum absolute atomic E-state index is 0.0220. The van der Waals surface area contributed by atoms with E-state index in [0.717, 1.165) is 12.8 Å². The van der Waals surface area contributed by atoms with Crippen LogP contribution in [0.1, 0.15) is 25.6 Å². The van der Waals surface area contributed by atoms with Gasteiger partial charge in [-0.2, -0.15) is 4.72 Å². The maximum Gasteiger partial charge on any atom is 0.260 e. The van der Waals surface area contributed by atoms with Crippen LogP contribution >= 0.6 is 12.2 Å². The summed E-state index contributed by atoms with van der Waals surface area (Å²) in [4.78, 5) is 4.27. The Hall–Kier alpha value is -0.990. The Bertz CT molecular complexity index is 590. The van der Waals surface area contributed by atoms with E-state index in [4.69, 9.17) is 18.0 Å². The summed E-state index contributed by atoms with van der Waals surface area (Å²) in [7, 11) is -3.67. The average Bonchev–Trinajstić information content (AvgIpc) is 3.08. The SMILES string of the molecule is CCn1cc(S(=O)(=O)NC(C(N)=S)C2CC2)nc1C. The number of aryl methyl sites for hydroxylation is 2. The largest absolute Gasteiger partial charge is 0.392 e. The number of sulfonamides is 1. The lowest BCUT2D eigenvalue weighted by Gasteiger charge is -2.15. The van der Waals surface area contributed by atoms with Crippen molar-refractivity contribution in [2.24, 2.45) is 11.7 Å². The Balaban J connectivity index is 2.23. The third-order valence-electron chi connectivity index (χ3n) is 3.25. The predicted molar refractivity (Wildman–Crippen MR) is 76.3 cm³/mol. The van der Waals surface area contributed by atoms with Crippen molar-refractivity contribution >= 4 is 27.2 Å². The zero-order valence-corrected chi connectivity index (χ0v) is 12.6. The Morgan fingerprint density at radius 2 is 2.32 bits per heavy atom. The van der Waals surface area contributed by atoms with E-state index in [1.165, 1.54) is 6.20 Å². The number of rotatable bonds is 6. The smallest absolute Gasteiger partial charge is 0.260 e. The standard InChI is InChI=1S/C11H18N4O2S2/c1-3-15-6-9(13-7(15)2)19(16,17)14-10(11(12)18)8-4-5-8/h6,8,10,14H,3-5H2,1-2H3,(H2,12,18). The van der Waals surface area contributed by atoms with Crippen LogP contribution in [-0.2, 0) is 16.6 Å². The number of imidazole rings is 1. The fraction of sp³-hybridized carbons (Fsp3) is 0.636. The second kappa shape index (κ2) is 5.18. The molecule has 1 aromatic rings. The molecule has 106 valence electrons. The van der Waals surface area contributed by atoms with E-state index >= 15 is 0 Å². The molecule has 1 atom stereocenters. The van der Waals surface area contributed by atoms with Crippen LogP contribution < -0.4 is 10.5 Å². The van der Waals surface area contributed by atoms with Crippen LogP contribution in [-0.4, -0.2) is 29.0 Å². The van der Waals surface area contributed by atoms with Crippen LogP contribution in [0.2, 0.25) is 0 Å². The molecule has 3 N–H and O–H groups in total. The van der Waals surface area contributed by atoms with Gasteiger partial charge in [0.2, 0.25) is 0 Å². The zero-order chi connectivity index (χ0) is 14.2. The number of thiocarbonyl (C=S) groups is 1. The number of hydrogen-bond donors (Lipinski definition) is 2. The highest BCUT2D eigenvalue weighted by molar-refractivity contribution is 7.89. The van der Waals surface area contributed by atoms with Crippen LogP contribution in [0.25, 0.3) is 0 Å². The Labute approximate surface area is 118 Å². The number of nitrogens with one attached hydrogen (secondary N) is 1. The van der Waals surface area contributed by atoms with E-state index in [0.29, 0.717) is 12.4 Å². The molecule has 0 aromatic carbocycles. The first-order valence-electron chi connectivity index (χ1n) is 6.20. The molecule has 1 aliphatic carbocycles. The number of nitrogens with two attached hydrogens (primary N) is 1. The quantitative estimate of drug-likeness (QED) is 0.749. The summed E-state index contributed by atoms with van der Waals surface area (Å²) < 4.78 is 28.9. The Kier molecular flexibility index (Phi) is 3.93. The van der Waals surface area contributed by atoms with Gasteiger partial charge >= 0.3 is 0 Å². The molecular weight excluding hydrogens is 284 g/mol. The van der Waals surface area contributed by atoms with Gasteiger partial charge in [0.05, 0.1) is 11.0 Å². The van der Waals surface area contributed by atoms with Gasteiger partial charge < -0.3 is 10.3 Å². The van der Waals surface area contributed by atoms with Crippen molar-refractivity contribution < 1.29 is 8.42 Å². The van der Waals surface area contributed by atoms with Crippen molar-refractivity contribution in [3.05, 3.63) is 12.0 Å². The molecule has 0 aliphatic heterocycles. The van der Waals surface area contributed by atoms with Crippen molar-refractivity contribution in [1.82, 2.24) is 14.3 Å². The highest BCUT2D eigenvalue weighted by atomic mass is 32.2. The van der Waals surface area contributed by atoms with Gasteiger partial charge in [-0.25, -0.2) is 13.4 Å². The van der Waals surface area contributed by atoms with Crippen LogP contribution in [0.5, 0.6) is 0 Å². The van der Waals surface area contributed by atoms with E-state index in [1.807, 2.05) is 6.92 Å². The minimum atomic E-state index is -3.67. The first-order valence-corrected chi connectivity index (χ1v) is 8.09. The summed E-state index contributed by atoms with van der Waals surface area (Å²) >= 11 is 4.93. The predicted octanol–water partition coefficient (Wildman–Crippen LogP) is 0.554. The molecule has 1 aliphatic rings. The fourth-order valence-corrected chi connectivity index (χ4v) is 3.59. The number of aromatic nitrogens is 2. The molecule has 8 heteroatoms. The van der Waals surface area contributed by atoms with Gasteiger partial charge in [0.25, 0.3) is 10.0 Å². The average molecular weight is 302 g/mol. The first-order chi connectivity index (χ1) is 8.85. The third kappa shape index (κ3) is 3.13. The van der Waals surface area contributed by atoms with Gasteiger partial charge in [-0.15, -0.1) is 0 Å². The van der Waals surface area contributed by atoms with E-state index in [9.17, 15) is 8.42 Å². The highest BCUT2D eigenvalue weighted by Crippen LogP contribution is 2.33. The maximum atomic E-state index is 12.3.